The van der Waals surface area contributed by atoms with Gasteiger partial charge in [0.25, 0.3) is 0 Å². The van der Waals surface area contributed by atoms with Gasteiger partial charge in [0.05, 0.1) is 16.9 Å². The third kappa shape index (κ3) is 5.29. The Morgan fingerprint density at radius 3 is 2.31 bits per heavy atom. The number of fused-ring (bicyclic) bond motifs is 1. The van der Waals surface area contributed by atoms with E-state index < -0.39 is 45.5 Å². The van der Waals surface area contributed by atoms with Crippen molar-refractivity contribution >= 4 is 20.9 Å². The van der Waals surface area contributed by atoms with Gasteiger partial charge in [0.1, 0.15) is 12.5 Å². The van der Waals surface area contributed by atoms with Crippen molar-refractivity contribution in [2.24, 2.45) is 5.41 Å². The molecule has 0 bridgehead atoms. The van der Waals surface area contributed by atoms with Crippen molar-refractivity contribution in [1.29, 1.82) is 0 Å². The molecule has 36 heavy (non-hydrogen) atoms. The molecule has 1 heterocycles. The van der Waals surface area contributed by atoms with E-state index in [0.717, 1.165) is 18.6 Å². The molecule has 4 nitrogen and oxygen atoms in total. The lowest BCUT2D eigenvalue weighted by atomic mass is 9.96. The SMILES string of the molecule is CC(C)(C)Cn1cc([C@@H](CF)NS(=O)(=O)C2CCC2)c2cc(F)c(-c3ccccc3C(F)(F)F)cc21. The number of sulfonamides is 1. The molecule has 0 radical (unpaired) electrons. The van der Waals surface area contributed by atoms with Crippen LogP contribution in [0.15, 0.2) is 42.6 Å². The summed E-state index contributed by atoms with van der Waals surface area (Å²) in [5.74, 6) is -0.909. The zero-order chi connectivity index (χ0) is 26.5. The second kappa shape index (κ2) is 9.45. The molecular weight excluding hydrogens is 499 g/mol. The van der Waals surface area contributed by atoms with Crippen molar-refractivity contribution in [3.05, 3.63) is 59.5 Å². The summed E-state index contributed by atoms with van der Waals surface area (Å²) < 4.78 is 100. The summed E-state index contributed by atoms with van der Waals surface area (Å²) in [6, 6.07) is 5.92. The molecule has 1 N–H and O–H groups in total. The number of hydrogen-bond donors (Lipinski definition) is 1. The Hall–Kier alpha value is -2.46. The summed E-state index contributed by atoms with van der Waals surface area (Å²) in [5, 5.41) is -0.333. The van der Waals surface area contributed by atoms with E-state index >= 15 is 4.39 Å². The third-order valence-corrected chi connectivity index (χ3v) is 8.46. The van der Waals surface area contributed by atoms with Gasteiger partial charge < -0.3 is 4.57 Å². The van der Waals surface area contributed by atoms with Gasteiger partial charge in [-0.25, -0.2) is 21.9 Å². The molecule has 10 heteroatoms. The van der Waals surface area contributed by atoms with Crippen molar-refractivity contribution in [2.75, 3.05) is 6.67 Å². The van der Waals surface area contributed by atoms with E-state index in [4.69, 9.17) is 0 Å². The minimum absolute atomic E-state index is 0.234. The minimum Gasteiger partial charge on any atom is -0.347 e. The predicted octanol–water partition coefficient (Wildman–Crippen LogP) is 6.99. The number of benzene rings is 2. The zero-order valence-electron chi connectivity index (χ0n) is 20.3. The average Bonchev–Trinajstić information content (AvgIpc) is 3.04. The van der Waals surface area contributed by atoms with Gasteiger partial charge in [0.2, 0.25) is 10.0 Å². The largest absolute Gasteiger partial charge is 0.417 e. The maximum atomic E-state index is 15.4. The smallest absolute Gasteiger partial charge is 0.347 e. The summed E-state index contributed by atoms with van der Waals surface area (Å²) in [6.45, 7) is 5.19. The Kier molecular flexibility index (Phi) is 6.98. The molecule has 0 spiro atoms. The Morgan fingerprint density at radius 2 is 1.75 bits per heavy atom. The van der Waals surface area contributed by atoms with Crippen LogP contribution in [-0.2, 0) is 22.7 Å². The van der Waals surface area contributed by atoms with Crippen LogP contribution in [-0.4, -0.2) is 24.9 Å². The fraction of sp³-hybridized carbons (Fsp3) is 0.462. The Labute approximate surface area is 207 Å². The van der Waals surface area contributed by atoms with E-state index in [0.29, 0.717) is 24.9 Å². The number of nitrogens with zero attached hydrogens (tertiary/aromatic N) is 1. The van der Waals surface area contributed by atoms with E-state index in [-0.39, 0.29) is 27.5 Å². The van der Waals surface area contributed by atoms with Gasteiger partial charge in [0.15, 0.2) is 0 Å². The molecule has 1 atom stereocenters. The summed E-state index contributed by atoms with van der Waals surface area (Å²) in [6.07, 6.45) is -1.34. The van der Waals surface area contributed by atoms with Crippen LogP contribution in [0.5, 0.6) is 0 Å². The molecule has 0 aliphatic heterocycles. The first-order chi connectivity index (χ1) is 16.7. The van der Waals surface area contributed by atoms with Crippen molar-refractivity contribution < 1.29 is 30.4 Å². The highest BCUT2D eigenvalue weighted by Gasteiger charge is 2.36. The number of alkyl halides is 4. The minimum atomic E-state index is -4.68. The van der Waals surface area contributed by atoms with E-state index in [1.807, 2.05) is 20.8 Å². The van der Waals surface area contributed by atoms with Gasteiger partial charge in [-0.05, 0) is 47.6 Å². The van der Waals surface area contributed by atoms with Crippen LogP contribution in [0.2, 0.25) is 0 Å². The fourth-order valence-electron chi connectivity index (χ4n) is 4.58. The highest BCUT2D eigenvalue weighted by molar-refractivity contribution is 7.90. The topological polar surface area (TPSA) is 51.1 Å². The number of aromatic nitrogens is 1. The van der Waals surface area contributed by atoms with Gasteiger partial charge in [-0.15, -0.1) is 0 Å². The molecule has 2 aromatic carbocycles. The Morgan fingerprint density at radius 1 is 1.08 bits per heavy atom. The van der Waals surface area contributed by atoms with E-state index in [1.165, 1.54) is 24.3 Å². The summed E-state index contributed by atoms with van der Waals surface area (Å²) in [5.41, 5.74) is -1.14. The molecule has 1 aliphatic rings. The van der Waals surface area contributed by atoms with E-state index in [1.54, 1.807) is 10.8 Å². The molecule has 0 amide bonds. The van der Waals surface area contributed by atoms with Gasteiger partial charge >= 0.3 is 6.18 Å². The van der Waals surface area contributed by atoms with Gasteiger partial charge in [0, 0.05) is 29.2 Å². The van der Waals surface area contributed by atoms with Crippen LogP contribution in [0.1, 0.15) is 57.2 Å². The van der Waals surface area contributed by atoms with Crippen molar-refractivity contribution in [3.8, 4) is 11.1 Å². The van der Waals surface area contributed by atoms with Gasteiger partial charge in [-0.3, -0.25) is 0 Å². The molecule has 1 saturated carbocycles. The van der Waals surface area contributed by atoms with Gasteiger partial charge in [-0.2, -0.15) is 13.2 Å². The van der Waals surface area contributed by atoms with E-state index in [9.17, 15) is 26.0 Å². The predicted molar refractivity (Wildman–Crippen MR) is 130 cm³/mol. The van der Waals surface area contributed by atoms with Crippen LogP contribution >= 0.6 is 0 Å². The van der Waals surface area contributed by atoms with Crippen LogP contribution in [0.25, 0.3) is 22.0 Å². The number of halogens is 5. The van der Waals surface area contributed by atoms with Crippen LogP contribution < -0.4 is 4.72 Å². The van der Waals surface area contributed by atoms with Crippen molar-refractivity contribution in [2.45, 2.75) is 64.0 Å². The lowest BCUT2D eigenvalue weighted by Gasteiger charge is -2.27. The highest BCUT2D eigenvalue weighted by atomic mass is 32.2. The standard InChI is InChI=1S/C26H29F5N2O2S/c1-25(2,3)15-33-14-20(23(13-27)32-36(34,35)16-7-6-8-16)19-11-22(28)18(12-24(19)33)17-9-4-5-10-21(17)26(29,30)31/h4-5,9-12,14,16,23,32H,6-8,13,15H2,1-3H3/t23-/m1/s1. The van der Waals surface area contributed by atoms with Gasteiger partial charge in [-0.1, -0.05) is 45.4 Å². The molecule has 1 aromatic heterocycles. The molecule has 0 unspecified atom stereocenters. The highest BCUT2D eigenvalue weighted by Crippen LogP contribution is 2.40. The molecule has 1 aliphatic carbocycles. The second-order valence-electron chi connectivity index (χ2n) is 10.6. The van der Waals surface area contributed by atoms with Crippen LogP contribution in [0.4, 0.5) is 22.0 Å². The molecule has 3 aromatic rings. The van der Waals surface area contributed by atoms with Crippen molar-refractivity contribution in [1.82, 2.24) is 9.29 Å². The first kappa shape index (κ1) is 26.6. The lowest BCUT2D eigenvalue weighted by Crippen LogP contribution is -2.40. The Balaban J connectivity index is 1.89. The second-order valence-corrected chi connectivity index (χ2v) is 12.6. The normalized spacial score (nSPS) is 16.3. The summed E-state index contributed by atoms with van der Waals surface area (Å²) in [7, 11) is -3.78. The van der Waals surface area contributed by atoms with Crippen LogP contribution in [0.3, 0.4) is 0 Å². The molecule has 1 fully saturated rings. The number of nitrogens with one attached hydrogen (secondary N) is 1. The molecule has 196 valence electrons. The maximum absolute atomic E-state index is 15.4. The Bertz CT molecular complexity index is 1370. The zero-order valence-corrected chi connectivity index (χ0v) is 21.1. The third-order valence-electron chi connectivity index (χ3n) is 6.50. The fourth-order valence-corrected chi connectivity index (χ4v) is 6.32. The van der Waals surface area contributed by atoms with Crippen LogP contribution in [0, 0.1) is 11.2 Å². The monoisotopic (exact) mass is 528 g/mol. The summed E-state index contributed by atoms with van der Waals surface area (Å²) >= 11 is 0. The lowest BCUT2D eigenvalue weighted by molar-refractivity contribution is -0.137. The number of rotatable bonds is 7. The maximum Gasteiger partial charge on any atom is 0.417 e. The number of hydrogen-bond acceptors (Lipinski definition) is 2. The van der Waals surface area contributed by atoms with E-state index in [2.05, 4.69) is 4.72 Å². The first-order valence-electron chi connectivity index (χ1n) is 11.8. The first-order valence-corrected chi connectivity index (χ1v) is 13.3. The average molecular weight is 529 g/mol. The quantitative estimate of drug-likeness (QED) is 0.336. The van der Waals surface area contributed by atoms with Crippen molar-refractivity contribution in [3.63, 3.8) is 0 Å². The summed E-state index contributed by atoms with van der Waals surface area (Å²) in [4.78, 5) is 0. The molecule has 4 rings (SSSR count). The molecule has 0 saturated heterocycles. The molecular formula is C26H29F5N2O2S.